The Bertz CT molecular complexity index is 834. The third-order valence-corrected chi connectivity index (χ3v) is 5.82. The lowest BCUT2D eigenvalue weighted by Gasteiger charge is -2.35. The van der Waals surface area contributed by atoms with Gasteiger partial charge in [-0.25, -0.2) is 9.67 Å². The quantitative estimate of drug-likeness (QED) is 0.741. The number of rotatable bonds is 5. The Labute approximate surface area is 158 Å². The summed E-state index contributed by atoms with van der Waals surface area (Å²) in [5.74, 6) is 0. The highest BCUT2D eigenvalue weighted by atomic mass is 32.1. The van der Waals surface area contributed by atoms with Gasteiger partial charge in [0.25, 0.3) is 0 Å². The highest BCUT2D eigenvalue weighted by molar-refractivity contribution is 7.09. The summed E-state index contributed by atoms with van der Waals surface area (Å²) in [6.07, 6.45) is 6.10. The van der Waals surface area contributed by atoms with Crippen molar-refractivity contribution in [1.82, 2.24) is 20.1 Å². The molecule has 136 valence electrons. The standard InChI is InChI=1S/C20H25N5S/c1-15(20-14-26-16(2)23-20)22-17-7-11-24(12-8-17)18-5-3-6-19(13-18)25-10-4-9-21-25/h3-6,9-10,13-15,17,22H,7-8,11-12H2,1-2H3/t15-/m0/s1. The van der Waals surface area contributed by atoms with Crippen LogP contribution in [0.1, 0.15) is 36.5 Å². The van der Waals surface area contributed by atoms with Gasteiger partial charge in [0.2, 0.25) is 0 Å². The van der Waals surface area contributed by atoms with Crippen LogP contribution in [0.5, 0.6) is 0 Å². The topological polar surface area (TPSA) is 46.0 Å². The summed E-state index contributed by atoms with van der Waals surface area (Å²) in [5.41, 5.74) is 3.56. The highest BCUT2D eigenvalue weighted by Crippen LogP contribution is 2.24. The molecule has 1 aromatic carbocycles. The van der Waals surface area contributed by atoms with Crippen LogP contribution < -0.4 is 10.2 Å². The summed E-state index contributed by atoms with van der Waals surface area (Å²) in [7, 11) is 0. The van der Waals surface area contributed by atoms with Gasteiger partial charge in [-0.1, -0.05) is 6.07 Å². The molecular weight excluding hydrogens is 342 g/mol. The van der Waals surface area contributed by atoms with Crippen molar-refractivity contribution in [3.8, 4) is 5.69 Å². The Morgan fingerprint density at radius 2 is 2.00 bits per heavy atom. The summed E-state index contributed by atoms with van der Waals surface area (Å²) < 4.78 is 1.91. The van der Waals surface area contributed by atoms with Gasteiger partial charge >= 0.3 is 0 Å². The number of thiazole rings is 1. The maximum Gasteiger partial charge on any atom is 0.0898 e. The van der Waals surface area contributed by atoms with E-state index < -0.39 is 0 Å². The minimum Gasteiger partial charge on any atom is -0.371 e. The number of aromatic nitrogens is 3. The fraction of sp³-hybridized carbons (Fsp3) is 0.400. The molecule has 1 N–H and O–H groups in total. The zero-order valence-electron chi connectivity index (χ0n) is 15.3. The second-order valence-electron chi connectivity index (χ2n) is 6.91. The predicted octanol–water partition coefficient (Wildman–Crippen LogP) is 3.96. The van der Waals surface area contributed by atoms with Crippen LogP contribution in [0.4, 0.5) is 5.69 Å². The summed E-state index contributed by atoms with van der Waals surface area (Å²) in [6.45, 7) is 6.43. The number of anilines is 1. The minimum absolute atomic E-state index is 0.319. The molecule has 0 radical (unpaired) electrons. The summed E-state index contributed by atoms with van der Waals surface area (Å²) in [5, 5.41) is 11.4. The second-order valence-corrected chi connectivity index (χ2v) is 7.97. The molecular formula is C20H25N5S. The van der Waals surface area contributed by atoms with E-state index in [9.17, 15) is 0 Å². The molecule has 26 heavy (non-hydrogen) atoms. The van der Waals surface area contributed by atoms with Crippen LogP contribution in [-0.4, -0.2) is 33.9 Å². The van der Waals surface area contributed by atoms with Crippen molar-refractivity contribution in [2.45, 2.75) is 38.8 Å². The summed E-state index contributed by atoms with van der Waals surface area (Å²) in [6, 6.07) is 11.5. The van der Waals surface area contributed by atoms with Gasteiger partial charge in [0.15, 0.2) is 0 Å². The number of hydrogen-bond acceptors (Lipinski definition) is 5. The predicted molar refractivity (Wildman–Crippen MR) is 107 cm³/mol. The van der Waals surface area contributed by atoms with Gasteiger partial charge in [-0.2, -0.15) is 5.10 Å². The Balaban J connectivity index is 1.36. The Morgan fingerprint density at radius 1 is 1.19 bits per heavy atom. The van der Waals surface area contributed by atoms with Crippen molar-refractivity contribution in [1.29, 1.82) is 0 Å². The molecule has 1 aliphatic heterocycles. The fourth-order valence-electron chi connectivity index (χ4n) is 3.58. The maximum absolute atomic E-state index is 4.61. The van der Waals surface area contributed by atoms with Crippen LogP contribution in [0.15, 0.2) is 48.1 Å². The second kappa shape index (κ2) is 7.60. The molecule has 5 nitrogen and oxygen atoms in total. The molecule has 6 heteroatoms. The molecule has 4 rings (SSSR count). The van der Waals surface area contributed by atoms with E-state index in [2.05, 4.69) is 63.8 Å². The van der Waals surface area contributed by atoms with E-state index in [1.165, 1.54) is 11.4 Å². The first-order valence-corrected chi connectivity index (χ1v) is 10.1. The van der Waals surface area contributed by atoms with E-state index in [4.69, 9.17) is 0 Å². The third kappa shape index (κ3) is 3.81. The first-order chi connectivity index (χ1) is 12.7. The normalized spacial score (nSPS) is 16.8. The lowest BCUT2D eigenvalue weighted by Crippen LogP contribution is -2.43. The number of nitrogens with zero attached hydrogens (tertiary/aromatic N) is 4. The molecule has 0 spiro atoms. The SMILES string of the molecule is Cc1nc([C@H](C)NC2CCN(c3cccc(-n4cccn4)c3)CC2)cs1. The Hall–Kier alpha value is -2.18. The van der Waals surface area contributed by atoms with E-state index in [1.807, 2.05) is 23.1 Å². The molecule has 1 saturated heterocycles. The van der Waals surface area contributed by atoms with E-state index in [-0.39, 0.29) is 0 Å². The average molecular weight is 368 g/mol. The molecule has 1 fully saturated rings. The van der Waals surface area contributed by atoms with Crippen LogP contribution in [-0.2, 0) is 0 Å². The van der Waals surface area contributed by atoms with E-state index >= 15 is 0 Å². The number of aryl methyl sites for hydroxylation is 1. The molecule has 0 unspecified atom stereocenters. The van der Waals surface area contributed by atoms with Crippen molar-refractivity contribution >= 4 is 17.0 Å². The first kappa shape index (κ1) is 17.2. The molecule has 0 aliphatic carbocycles. The zero-order valence-corrected chi connectivity index (χ0v) is 16.1. The van der Waals surface area contributed by atoms with Crippen LogP contribution in [0.3, 0.4) is 0 Å². The van der Waals surface area contributed by atoms with Crippen molar-refractivity contribution in [3.63, 3.8) is 0 Å². The van der Waals surface area contributed by atoms with Crippen molar-refractivity contribution in [2.24, 2.45) is 0 Å². The number of piperidine rings is 1. The van der Waals surface area contributed by atoms with Crippen molar-refractivity contribution < 1.29 is 0 Å². The number of nitrogens with one attached hydrogen (secondary N) is 1. The van der Waals surface area contributed by atoms with Gasteiger partial charge in [0.05, 0.1) is 16.4 Å². The third-order valence-electron chi connectivity index (χ3n) is 5.02. The smallest absolute Gasteiger partial charge is 0.0898 e. The van der Waals surface area contributed by atoms with E-state index in [1.54, 1.807) is 11.3 Å². The monoisotopic (exact) mass is 367 g/mol. The Kier molecular flexibility index (Phi) is 5.04. The summed E-state index contributed by atoms with van der Waals surface area (Å²) >= 11 is 1.73. The van der Waals surface area contributed by atoms with Crippen LogP contribution >= 0.6 is 11.3 Å². The molecule has 0 amide bonds. The van der Waals surface area contributed by atoms with Gasteiger partial charge in [-0.15, -0.1) is 11.3 Å². The van der Waals surface area contributed by atoms with Crippen molar-refractivity contribution in [2.75, 3.05) is 18.0 Å². The van der Waals surface area contributed by atoms with E-state index in [0.717, 1.165) is 36.6 Å². The fourth-order valence-corrected chi connectivity index (χ4v) is 4.28. The zero-order chi connectivity index (χ0) is 17.9. The molecule has 0 saturated carbocycles. The van der Waals surface area contributed by atoms with Gasteiger partial charge in [-0.05, 0) is 51.0 Å². The minimum atomic E-state index is 0.319. The lowest BCUT2D eigenvalue weighted by atomic mass is 10.0. The van der Waals surface area contributed by atoms with Gasteiger partial charge in [0, 0.05) is 48.6 Å². The largest absolute Gasteiger partial charge is 0.371 e. The number of benzene rings is 1. The summed E-state index contributed by atoms with van der Waals surface area (Å²) in [4.78, 5) is 7.09. The van der Waals surface area contributed by atoms with E-state index in [0.29, 0.717) is 12.1 Å². The van der Waals surface area contributed by atoms with Crippen LogP contribution in [0.2, 0.25) is 0 Å². The molecule has 1 aliphatic rings. The maximum atomic E-state index is 4.61. The van der Waals surface area contributed by atoms with Gasteiger partial charge < -0.3 is 10.2 Å². The average Bonchev–Trinajstić information content (AvgIpc) is 3.34. The first-order valence-electron chi connectivity index (χ1n) is 9.22. The number of hydrogen-bond donors (Lipinski definition) is 1. The van der Waals surface area contributed by atoms with Gasteiger partial charge in [-0.3, -0.25) is 0 Å². The molecule has 3 heterocycles. The van der Waals surface area contributed by atoms with Crippen LogP contribution in [0.25, 0.3) is 5.69 Å². The Morgan fingerprint density at radius 3 is 2.69 bits per heavy atom. The van der Waals surface area contributed by atoms with Crippen molar-refractivity contribution in [3.05, 3.63) is 58.8 Å². The molecule has 0 bridgehead atoms. The van der Waals surface area contributed by atoms with Crippen LogP contribution in [0, 0.1) is 6.92 Å². The lowest BCUT2D eigenvalue weighted by molar-refractivity contribution is 0.378. The highest BCUT2D eigenvalue weighted by Gasteiger charge is 2.22. The molecule has 1 atom stereocenters. The van der Waals surface area contributed by atoms with Gasteiger partial charge in [0.1, 0.15) is 0 Å². The molecule has 2 aromatic heterocycles. The molecule has 3 aromatic rings.